The predicted molar refractivity (Wildman–Crippen MR) is 76.6 cm³/mol. The predicted octanol–water partition coefficient (Wildman–Crippen LogP) is 2.31. The summed E-state index contributed by atoms with van der Waals surface area (Å²) >= 11 is 5.87. The monoisotopic (exact) mass is 288 g/mol. The molecule has 2 N–H and O–H groups in total. The lowest BCUT2D eigenvalue weighted by atomic mass is 10.00. The van der Waals surface area contributed by atoms with Crippen molar-refractivity contribution in [3.05, 3.63) is 21.0 Å². The van der Waals surface area contributed by atoms with Crippen LogP contribution >= 0.6 is 11.6 Å². The number of nitro groups is 1. The fraction of sp³-hybridized carbons (Fsp3) is 0.750. The summed E-state index contributed by atoms with van der Waals surface area (Å²) in [4.78, 5) is 16.5. The summed E-state index contributed by atoms with van der Waals surface area (Å²) in [5.41, 5.74) is 5.87. The molecule has 7 heteroatoms. The van der Waals surface area contributed by atoms with Crippen molar-refractivity contribution in [2.24, 2.45) is 10.7 Å². The van der Waals surface area contributed by atoms with E-state index in [1.165, 1.54) is 0 Å². The van der Waals surface area contributed by atoms with Gasteiger partial charge in [-0.3, -0.25) is 10.1 Å². The highest BCUT2D eigenvalue weighted by Crippen LogP contribution is 2.28. The van der Waals surface area contributed by atoms with Crippen LogP contribution in [0.4, 0.5) is 0 Å². The van der Waals surface area contributed by atoms with Crippen LogP contribution in [-0.4, -0.2) is 34.3 Å². The maximum absolute atomic E-state index is 11.2. The zero-order valence-electron chi connectivity index (χ0n) is 11.5. The quantitative estimate of drug-likeness (QED) is 0.462. The van der Waals surface area contributed by atoms with Gasteiger partial charge in [0.2, 0.25) is 5.16 Å². The lowest BCUT2D eigenvalue weighted by Crippen LogP contribution is -2.45. The van der Waals surface area contributed by atoms with E-state index < -0.39 is 4.92 Å². The fourth-order valence-corrected chi connectivity index (χ4v) is 2.33. The first-order valence-electron chi connectivity index (χ1n) is 6.49. The minimum Gasteiger partial charge on any atom is -0.347 e. The number of nitrogens with zero attached hydrogens (tertiary/aromatic N) is 3. The molecule has 6 nitrogen and oxygen atoms in total. The van der Waals surface area contributed by atoms with Gasteiger partial charge in [0.05, 0.1) is 11.3 Å². The van der Waals surface area contributed by atoms with Crippen molar-refractivity contribution in [1.82, 2.24) is 4.90 Å². The molecule has 0 aliphatic carbocycles. The summed E-state index contributed by atoms with van der Waals surface area (Å²) in [6.07, 6.45) is 3.77. The smallest absolute Gasteiger partial charge is 0.305 e. The third-order valence-corrected chi connectivity index (χ3v) is 3.61. The molecule has 0 spiro atoms. The molecule has 2 unspecified atom stereocenters. The van der Waals surface area contributed by atoms with Crippen LogP contribution in [0, 0.1) is 10.1 Å². The second-order valence-electron chi connectivity index (χ2n) is 4.98. The van der Waals surface area contributed by atoms with E-state index >= 15 is 0 Å². The van der Waals surface area contributed by atoms with Crippen LogP contribution in [0.5, 0.6) is 0 Å². The van der Waals surface area contributed by atoms with Crippen LogP contribution in [0.3, 0.4) is 0 Å². The number of halogens is 1. The van der Waals surface area contributed by atoms with Crippen LogP contribution in [-0.2, 0) is 0 Å². The van der Waals surface area contributed by atoms with Gasteiger partial charge < -0.3 is 10.6 Å². The van der Waals surface area contributed by atoms with Crippen molar-refractivity contribution >= 4 is 17.9 Å². The first-order chi connectivity index (χ1) is 8.88. The maximum Gasteiger partial charge on any atom is 0.305 e. The van der Waals surface area contributed by atoms with Crippen LogP contribution in [0.1, 0.15) is 40.0 Å². The first-order valence-corrected chi connectivity index (χ1v) is 6.87. The molecule has 0 bridgehead atoms. The molecule has 0 aromatic heterocycles. The molecular weight excluding hydrogens is 268 g/mol. The van der Waals surface area contributed by atoms with Crippen molar-refractivity contribution in [3.63, 3.8) is 0 Å². The van der Waals surface area contributed by atoms with E-state index in [9.17, 15) is 10.1 Å². The van der Waals surface area contributed by atoms with Gasteiger partial charge in [-0.15, -0.1) is 0 Å². The molecule has 1 aliphatic heterocycles. The molecule has 0 radical (unpaired) electrons. The number of rotatable bonds is 6. The average molecular weight is 289 g/mol. The molecule has 108 valence electrons. The number of nitrogens with two attached hydrogens (primary N) is 1. The number of hydrogen-bond donors (Lipinski definition) is 1. The lowest BCUT2D eigenvalue weighted by molar-refractivity contribution is -0.434. The van der Waals surface area contributed by atoms with E-state index in [1.54, 1.807) is 6.34 Å². The second-order valence-corrected chi connectivity index (χ2v) is 5.34. The normalized spacial score (nSPS) is 21.2. The van der Waals surface area contributed by atoms with E-state index in [-0.39, 0.29) is 29.0 Å². The molecule has 1 heterocycles. The van der Waals surface area contributed by atoms with Gasteiger partial charge in [0, 0.05) is 12.1 Å². The average Bonchev–Trinajstić information content (AvgIpc) is 2.34. The highest BCUT2D eigenvalue weighted by atomic mass is 35.5. The Balaban J connectivity index is 2.95. The molecule has 0 amide bonds. The van der Waals surface area contributed by atoms with Crippen molar-refractivity contribution in [2.45, 2.75) is 58.2 Å². The molecule has 0 saturated carbocycles. The largest absolute Gasteiger partial charge is 0.347 e. The van der Waals surface area contributed by atoms with E-state index in [1.807, 2.05) is 25.7 Å². The Morgan fingerprint density at radius 1 is 1.63 bits per heavy atom. The van der Waals surface area contributed by atoms with Crippen molar-refractivity contribution < 1.29 is 4.92 Å². The molecule has 19 heavy (non-hydrogen) atoms. The molecule has 1 rings (SSSR count). The zero-order valence-corrected chi connectivity index (χ0v) is 12.3. The summed E-state index contributed by atoms with van der Waals surface area (Å²) in [7, 11) is 0. The topological polar surface area (TPSA) is 84.8 Å². The van der Waals surface area contributed by atoms with Gasteiger partial charge in [0.1, 0.15) is 6.04 Å². The van der Waals surface area contributed by atoms with Crippen LogP contribution in [0.25, 0.3) is 0 Å². The minimum atomic E-state index is -0.434. The second kappa shape index (κ2) is 6.86. The van der Waals surface area contributed by atoms with Crippen molar-refractivity contribution in [3.8, 4) is 0 Å². The van der Waals surface area contributed by atoms with Gasteiger partial charge >= 0.3 is 5.70 Å². The van der Waals surface area contributed by atoms with Gasteiger partial charge in [-0.25, -0.2) is 4.99 Å². The Labute approximate surface area is 118 Å². The van der Waals surface area contributed by atoms with Crippen LogP contribution in [0.15, 0.2) is 15.8 Å². The number of aliphatic imine (C=N–C) groups is 1. The van der Waals surface area contributed by atoms with E-state index in [0.717, 1.165) is 12.8 Å². The summed E-state index contributed by atoms with van der Waals surface area (Å²) < 4.78 is 0. The van der Waals surface area contributed by atoms with Crippen molar-refractivity contribution in [1.29, 1.82) is 0 Å². The molecule has 0 aromatic rings. The Bertz CT molecular complexity index is 395. The van der Waals surface area contributed by atoms with E-state index in [0.29, 0.717) is 6.42 Å². The summed E-state index contributed by atoms with van der Waals surface area (Å²) in [6.45, 7) is 5.94. The SMILES string of the molecule is CCC(N)CCC1C([N+](=O)[O-])=C(Cl)N=CN1C(C)C. The van der Waals surface area contributed by atoms with Crippen LogP contribution < -0.4 is 5.73 Å². The molecule has 1 aliphatic rings. The Morgan fingerprint density at radius 3 is 2.74 bits per heavy atom. The van der Waals surface area contributed by atoms with Gasteiger partial charge in [-0.05, 0) is 33.1 Å². The Kier molecular flexibility index (Phi) is 5.75. The number of hydrogen-bond acceptors (Lipinski definition) is 5. The molecular formula is C12H21ClN4O2. The highest BCUT2D eigenvalue weighted by molar-refractivity contribution is 6.30. The minimum absolute atomic E-state index is 0.0267. The molecule has 0 aromatic carbocycles. The third kappa shape index (κ3) is 3.91. The lowest BCUT2D eigenvalue weighted by Gasteiger charge is -2.33. The Hall–Kier alpha value is -1.14. The zero-order chi connectivity index (χ0) is 14.6. The highest BCUT2D eigenvalue weighted by Gasteiger charge is 2.36. The van der Waals surface area contributed by atoms with Gasteiger partial charge in [-0.1, -0.05) is 18.5 Å². The molecule has 0 fully saturated rings. The summed E-state index contributed by atoms with van der Waals surface area (Å²) in [6, 6.07) is -0.191. The maximum atomic E-state index is 11.2. The fourth-order valence-electron chi connectivity index (χ4n) is 2.09. The Morgan fingerprint density at radius 2 is 2.26 bits per heavy atom. The standard InChI is InChI=1S/C12H21ClN4O2/c1-4-9(14)5-6-10-11(17(18)19)12(13)15-7-16(10)8(2)3/h7-10H,4-6,14H2,1-3H3. The van der Waals surface area contributed by atoms with Crippen molar-refractivity contribution in [2.75, 3.05) is 0 Å². The van der Waals surface area contributed by atoms with Crippen LogP contribution in [0.2, 0.25) is 0 Å². The molecule has 2 atom stereocenters. The van der Waals surface area contributed by atoms with E-state index in [4.69, 9.17) is 17.3 Å². The first kappa shape index (κ1) is 15.9. The summed E-state index contributed by atoms with van der Waals surface area (Å²) in [5.74, 6) is 0. The summed E-state index contributed by atoms with van der Waals surface area (Å²) in [5, 5.41) is 11.2. The van der Waals surface area contributed by atoms with Gasteiger partial charge in [0.25, 0.3) is 0 Å². The van der Waals surface area contributed by atoms with Gasteiger partial charge in [0.15, 0.2) is 0 Å². The van der Waals surface area contributed by atoms with Gasteiger partial charge in [-0.2, -0.15) is 0 Å². The van der Waals surface area contributed by atoms with E-state index in [2.05, 4.69) is 4.99 Å². The molecule has 0 saturated heterocycles. The third-order valence-electron chi connectivity index (χ3n) is 3.32.